The number of carbonyl (C=O) groups is 1. The molecule has 0 saturated carbocycles. The first kappa shape index (κ1) is 19.7. The number of ether oxygens (including phenoxy) is 1. The molecule has 0 N–H and O–H groups in total. The van der Waals surface area contributed by atoms with Crippen LogP contribution in [0.2, 0.25) is 0 Å². The van der Waals surface area contributed by atoms with E-state index in [-0.39, 0.29) is 11.1 Å². The van der Waals surface area contributed by atoms with Gasteiger partial charge in [-0.15, -0.1) is 0 Å². The highest BCUT2D eigenvalue weighted by molar-refractivity contribution is 5.87. The summed E-state index contributed by atoms with van der Waals surface area (Å²) in [7, 11) is 0. The molecular formula is C21H31NO3. The van der Waals surface area contributed by atoms with Crippen LogP contribution in [0.15, 0.2) is 42.5 Å². The van der Waals surface area contributed by atoms with Gasteiger partial charge in [0.15, 0.2) is 0 Å². The van der Waals surface area contributed by atoms with Crippen molar-refractivity contribution in [2.24, 2.45) is 0 Å². The average molecular weight is 345 g/mol. The highest BCUT2D eigenvalue weighted by Gasteiger charge is 2.44. The fraction of sp³-hybridized carbons (Fsp3) is 0.571. The molecule has 0 radical (unpaired) electrons. The Morgan fingerprint density at radius 2 is 1.72 bits per heavy atom. The maximum Gasteiger partial charge on any atom is 0.335 e. The second-order valence-corrected chi connectivity index (χ2v) is 8.18. The highest BCUT2D eigenvalue weighted by atomic mass is 16.8. The molecule has 1 saturated heterocycles. The van der Waals surface area contributed by atoms with Gasteiger partial charge in [-0.2, -0.15) is 5.06 Å². The van der Waals surface area contributed by atoms with E-state index in [1.165, 1.54) is 0 Å². The highest BCUT2D eigenvalue weighted by Crippen LogP contribution is 2.39. The lowest BCUT2D eigenvalue weighted by Gasteiger charge is -2.52. The van der Waals surface area contributed by atoms with Crippen molar-refractivity contribution in [2.45, 2.75) is 77.7 Å². The van der Waals surface area contributed by atoms with Crippen LogP contribution in [0.1, 0.15) is 59.4 Å². The molecule has 1 aliphatic heterocycles. The molecule has 138 valence electrons. The Kier molecular flexibility index (Phi) is 6.07. The first-order chi connectivity index (χ1) is 11.6. The van der Waals surface area contributed by atoms with Crippen LogP contribution in [0, 0.1) is 0 Å². The Hall–Kier alpha value is -1.65. The van der Waals surface area contributed by atoms with Gasteiger partial charge in [-0.05, 0) is 59.4 Å². The third-order valence-electron chi connectivity index (χ3n) is 4.73. The molecule has 4 heteroatoms. The average Bonchev–Trinajstić information content (AvgIpc) is 2.51. The van der Waals surface area contributed by atoms with Crippen molar-refractivity contribution in [3.63, 3.8) is 0 Å². The van der Waals surface area contributed by atoms with Crippen molar-refractivity contribution < 1.29 is 14.4 Å². The standard InChI is InChI=1S/C21H31NO3/c1-16(2)19(23)24-18(15-17-11-8-7-9-12-17)25-22-20(3,4)13-10-14-21(22,5)6/h7-9,11-12,18H,1,10,13-15H2,2-6H3. The number of benzene rings is 1. The number of carbonyl (C=O) groups excluding carboxylic acids is 1. The molecule has 1 fully saturated rings. The summed E-state index contributed by atoms with van der Waals surface area (Å²) in [4.78, 5) is 18.4. The fourth-order valence-electron chi connectivity index (χ4n) is 3.51. The third kappa shape index (κ3) is 5.16. The topological polar surface area (TPSA) is 38.8 Å². The van der Waals surface area contributed by atoms with Gasteiger partial charge < -0.3 is 4.74 Å². The zero-order valence-electron chi connectivity index (χ0n) is 16.2. The number of nitrogens with zero attached hydrogens (tertiary/aromatic N) is 1. The summed E-state index contributed by atoms with van der Waals surface area (Å²) in [5.74, 6) is -0.423. The van der Waals surface area contributed by atoms with E-state index in [2.05, 4.69) is 34.3 Å². The lowest BCUT2D eigenvalue weighted by molar-refractivity contribution is -0.344. The van der Waals surface area contributed by atoms with Crippen LogP contribution in [0.4, 0.5) is 0 Å². The van der Waals surface area contributed by atoms with E-state index < -0.39 is 12.3 Å². The Balaban J connectivity index is 2.21. The summed E-state index contributed by atoms with van der Waals surface area (Å²) in [6.45, 7) is 14.0. The van der Waals surface area contributed by atoms with E-state index >= 15 is 0 Å². The van der Waals surface area contributed by atoms with Crippen molar-refractivity contribution in [1.82, 2.24) is 5.06 Å². The molecular weight excluding hydrogens is 314 g/mol. The Morgan fingerprint density at radius 3 is 2.24 bits per heavy atom. The molecule has 1 aromatic rings. The molecule has 1 unspecified atom stereocenters. The first-order valence-electron chi connectivity index (χ1n) is 8.99. The second-order valence-electron chi connectivity index (χ2n) is 8.18. The molecule has 0 aromatic heterocycles. The Morgan fingerprint density at radius 1 is 1.16 bits per heavy atom. The second kappa shape index (κ2) is 7.71. The summed E-state index contributed by atoms with van der Waals surface area (Å²) in [6, 6.07) is 9.94. The van der Waals surface area contributed by atoms with Crippen molar-refractivity contribution >= 4 is 5.97 Å². The summed E-state index contributed by atoms with van der Waals surface area (Å²) in [5.41, 5.74) is 1.20. The van der Waals surface area contributed by atoms with Crippen molar-refractivity contribution in [3.8, 4) is 0 Å². The van der Waals surface area contributed by atoms with Crippen LogP contribution in [-0.4, -0.2) is 28.4 Å². The SMILES string of the molecule is C=C(C)C(=O)OC(Cc1ccccc1)ON1C(C)(C)CCCC1(C)C. The smallest absolute Gasteiger partial charge is 0.335 e. The summed E-state index contributed by atoms with van der Waals surface area (Å²) < 4.78 is 5.60. The van der Waals surface area contributed by atoms with Crippen LogP contribution < -0.4 is 0 Å². The van der Waals surface area contributed by atoms with Gasteiger partial charge in [-0.3, -0.25) is 4.84 Å². The van der Waals surface area contributed by atoms with E-state index in [1.54, 1.807) is 6.92 Å². The van der Waals surface area contributed by atoms with E-state index in [0.29, 0.717) is 12.0 Å². The van der Waals surface area contributed by atoms with E-state index in [9.17, 15) is 4.79 Å². The lowest BCUT2D eigenvalue weighted by Crippen LogP contribution is -2.59. The number of hydrogen-bond acceptors (Lipinski definition) is 4. The number of hydroxylamine groups is 2. The molecule has 25 heavy (non-hydrogen) atoms. The normalized spacial score (nSPS) is 20.7. The maximum atomic E-state index is 12.1. The number of hydrogen-bond donors (Lipinski definition) is 0. The van der Waals surface area contributed by atoms with Gasteiger partial charge in [0.25, 0.3) is 0 Å². The fourth-order valence-corrected chi connectivity index (χ4v) is 3.51. The van der Waals surface area contributed by atoms with E-state index in [1.807, 2.05) is 35.4 Å². The minimum atomic E-state index is -0.678. The Labute approximate surface area is 151 Å². The van der Waals surface area contributed by atoms with Crippen molar-refractivity contribution in [2.75, 3.05) is 0 Å². The largest absolute Gasteiger partial charge is 0.430 e. The molecule has 0 amide bonds. The molecule has 1 aliphatic rings. The molecule has 4 nitrogen and oxygen atoms in total. The van der Waals surface area contributed by atoms with Crippen LogP contribution >= 0.6 is 0 Å². The van der Waals surface area contributed by atoms with Crippen LogP contribution in [0.5, 0.6) is 0 Å². The van der Waals surface area contributed by atoms with Gasteiger partial charge in [0.05, 0.1) is 0 Å². The quantitative estimate of drug-likeness (QED) is 0.427. The van der Waals surface area contributed by atoms with Gasteiger partial charge in [0, 0.05) is 23.1 Å². The first-order valence-corrected chi connectivity index (χ1v) is 8.99. The predicted octanol–water partition coefficient (Wildman–Crippen LogP) is 4.65. The van der Waals surface area contributed by atoms with Crippen molar-refractivity contribution in [1.29, 1.82) is 0 Å². The minimum absolute atomic E-state index is 0.119. The summed E-state index contributed by atoms with van der Waals surface area (Å²) >= 11 is 0. The molecule has 1 atom stereocenters. The summed E-state index contributed by atoms with van der Waals surface area (Å²) in [6.07, 6.45) is 3.08. The molecule has 0 bridgehead atoms. The van der Waals surface area contributed by atoms with Crippen LogP contribution in [-0.2, 0) is 20.8 Å². The molecule has 1 aromatic carbocycles. The zero-order chi connectivity index (χ0) is 18.7. The maximum absolute atomic E-state index is 12.1. The molecule has 2 rings (SSSR count). The van der Waals surface area contributed by atoms with Gasteiger partial charge in [0.1, 0.15) is 0 Å². The predicted molar refractivity (Wildman–Crippen MR) is 99.8 cm³/mol. The number of rotatable bonds is 6. The third-order valence-corrected chi connectivity index (χ3v) is 4.73. The van der Waals surface area contributed by atoms with Gasteiger partial charge in [-0.25, -0.2) is 4.79 Å². The molecule has 0 spiro atoms. The van der Waals surface area contributed by atoms with E-state index in [4.69, 9.17) is 9.57 Å². The lowest BCUT2D eigenvalue weighted by atomic mass is 9.82. The van der Waals surface area contributed by atoms with Crippen LogP contribution in [0.3, 0.4) is 0 Å². The van der Waals surface area contributed by atoms with Gasteiger partial charge >= 0.3 is 5.97 Å². The monoisotopic (exact) mass is 345 g/mol. The number of esters is 1. The zero-order valence-corrected chi connectivity index (χ0v) is 16.2. The van der Waals surface area contributed by atoms with Crippen molar-refractivity contribution in [3.05, 3.63) is 48.0 Å². The van der Waals surface area contributed by atoms with E-state index in [0.717, 1.165) is 24.8 Å². The van der Waals surface area contributed by atoms with Gasteiger partial charge in [0.2, 0.25) is 6.29 Å². The van der Waals surface area contributed by atoms with Crippen LogP contribution in [0.25, 0.3) is 0 Å². The summed E-state index contributed by atoms with van der Waals surface area (Å²) in [5, 5.41) is 2.03. The molecule has 0 aliphatic carbocycles. The van der Waals surface area contributed by atoms with Gasteiger partial charge in [-0.1, -0.05) is 36.9 Å². The number of piperidine rings is 1. The minimum Gasteiger partial charge on any atom is -0.430 e. The molecule has 1 heterocycles. The Bertz CT molecular complexity index is 591.